The Balaban J connectivity index is 1.73. The first-order chi connectivity index (χ1) is 9.29. The highest BCUT2D eigenvalue weighted by Crippen LogP contribution is 2.19. The van der Waals surface area contributed by atoms with Crippen molar-refractivity contribution in [2.24, 2.45) is 0 Å². The molecule has 0 spiro atoms. The number of piperidine rings is 1. The molecule has 1 saturated heterocycles. The summed E-state index contributed by atoms with van der Waals surface area (Å²) in [6.07, 6.45) is 3.20. The monoisotopic (exact) mass is 282 g/mol. The van der Waals surface area contributed by atoms with Crippen molar-refractivity contribution in [3.05, 3.63) is 34.9 Å². The summed E-state index contributed by atoms with van der Waals surface area (Å²) in [4.78, 5) is 2.46. The molecule has 1 heterocycles. The molecular formula is C15H23ClN2O. The van der Waals surface area contributed by atoms with Gasteiger partial charge in [-0.05, 0) is 50.5 Å². The van der Waals surface area contributed by atoms with Crippen LogP contribution in [0.25, 0.3) is 0 Å². The van der Waals surface area contributed by atoms with Crippen molar-refractivity contribution >= 4 is 11.6 Å². The minimum absolute atomic E-state index is 0.276. The molecule has 0 bridgehead atoms. The van der Waals surface area contributed by atoms with E-state index in [9.17, 15) is 0 Å². The summed E-state index contributed by atoms with van der Waals surface area (Å²) >= 11 is 6.19. The molecule has 0 aromatic heterocycles. The lowest BCUT2D eigenvalue weighted by Crippen LogP contribution is -2.42. The van der Waals surface area contributed by atoms with Crippen molar-refractivity contribution in [1.82, 2.24) is 10.2 Å². The number of benzene rings is 1. The van der Waals surface area contributed by atoms with Gasteiger partial charge >= 0.3 is 0 Å². The molecule has 1 aromatic carbocycles. The van der Waals surface area contributed by atoms with Gasteiger partial charge in [0.15, 0.2) is 0 Å². The summed E-state index contributed by atoms with van der Waals surface area (Å²) in [6, 6.07) is 8.69. The summed E-state index contributed by atoms with van der Waals surface area (Å²) in [7, 11) is 0. The Kier molecular flexibility index (Phi) is 6.11. The van der Waals surface area contributed by atoms with Crippen LogP contribution in [0.2, 0.25) is 5.02 Å². The van der Waals surface area contributed by atoms with E-state index >= 15 is 0 Å². The predicted molar refractivity (Wildman–Crippen MR) is 79.5 cm³/mol. The largest absolute Gasteiger partial charge is 0.396 e. The second-order valence-corrected chi connectivity index (χ2v) is 5.58. The van der Waals surface area contributed by atoms with E-state index < -0.39 is 0 Å². The van der Waals surface area contributed by atoms with Gasteiger partial charge in [-0.25, -0.2) is 0 Å². The molecule has 19 heavy (non-hydrogen) atoms. The van der Waals surface area contributed by atoms with E-state index in [1.807, 2.05) is 18.2 Å². The maximum absolute atomic E-state index is 8.77. The minimum atomic E-state index is 0.276. The number of hydrogen-bond donors (Lipinski definition) is 2. The van der Waals surface area contributed by atoms with Crippen LogP contribution < -0.4 is 5.32 Å². The van der Waals surface area contributed by atoms with Crippen LogP contribution >= 0.6 is 11.6 Å². The molecule has 1 aliphatic heterocycles. The third kappa shape index (κ3) is 4.77. The van der Waals surface area contributed by atoms with Gasteiger partial charge in [-0.1, -0.05) is 29.8 Å². The van der Waals surface area contributed by atoms with E-state index in [2.05, 4.69) is 16.3 Å². The Morgan fingerprint density at radius 3 is 2.68 bits per heavy atom. The van der Waals surface area contributed by atoms with Crippen LogP contribution in [-0.2, 0) is 6.54 Å². The Morgan fingerprint density at radius 1 is 1.26 bits per heavy atom. The lowest BCUT2D eigenvalue weighted by atomic mass is 10.0. The van der Waals surface area contributed by atoms with Crippen LogP contribution in [0.15, 0.2) is 24.3 Å². The van der Waals surface area contributed by atoms with Gasteiger partial charge in [0.1, 0.15) is 0 Å². The van der Waals surface area contributed by atoms with Gasteiger partial charge in [0.2, 0.25) is 0 Å². The van der Waals surface area contributed by atoms with Gasteiger partial charge in [0, 0.05) is 24.2 Å². The van der Waals surface area contributed by atoms with Crippen molar-refractivity contribution in [1.29, 1.82) is 0 Å². The summed E-state index contributed by atoms with van der Waals surface area (Å²) in [6.45, 7) is 4.37. The van der Waals surface area contributed by atoms with E-state index in [1.165, 1.54) is 18.4 Å². The first-order valence-electron chi connectivity index (χ1n) is 7.09. The Labute approximate surface area is 120 Å². The van der Waals surface area contributed by atoms with Crippen molar-refractivity contribution in [3.8, 4) is 0 Å². The molecule has 2 N–H and O–H groups in total. The molecule has 106 valence electrons. The molecule has 2 rings (SSSR count). The molecule has 0 amide bonds. The summed E-state index contributed by atoms with van der Waals surface area (Å²) in [5.74, 6) is 0. The van der Waals surface area contributed by atoms with Crippen molar-refractivity contribution in [2.75, 3.05) is 26.2 Å². The highest BCUT2D eigenvalue weighted by atomic mass is 35.5. The standard InChI is InChI=1S/C15H23ClN2O/c16-15-5-2-1-4-13(15)12-18-9-6-14(7-10-18)17-8-3-11-19/h1-2,4-5,14,17,19H,3,6-12H2. The summed E-state index contributed by atoms with van der Waals surface area (Å²) < 4.78 is 0. The van der Waals surface area contributed by atoms with Crippen molar-refractivity contribution < 1.29 is 5.11 Å². The number of rotatable bonds is 6. The Bertz CT molecular complexity index is 378. The number of aliphatic hydroxyl groups excluding tert-OH is 1. The van der Waals surface area contributed by atoms with E-state index in [1.54, 1.807) is 0 Å². The van der Waals surface area contributed by atoms with E-state index in [0.717, 1.165) is 37.6 Å². The molecule has 0 atom stereocenters. The van der Waals surface area contributed by atoms with Gasteiger partial charge in [0.25, 0.3) is 0 Å². The molecule has 0 unspecified atom stereocenters. The summed E-state index contributed by atoms with van der Waals surface area (Å²) in [5.41, 5.74) is 1.22. The quantitative estimate of drug-likeness (QED) is 0.786. The van der Waals surface area contributed by atoms with Gasteiger partial charge in [0.05, 0.1) is 0 Å². The zero-order valence-electron chi connectivity index (χ0n) is 11.3. The molecule has 0 radical (unpaired) electrons. The number of nitrogens with zero attached hydrogens (tertiary/aromatic N) is 1. The number of nitrogens with one attached hydrogen (secondary N) is 1. The van der Waals surface area contributed by atoms with Crippen LogP contribution in [0.1, 0.15) is 24.8 Å². The van der Waals surface area contributed by atoms with E-state index in [0.29, 0.717) is 6.04 Å². The lowest BCUT2D eigenvalue weighted by molar-refractivity contribution is 0.188. The van der Waals surface area contributed by atoms with Crippen LogP contribution in [0, 0.1) is 0 Å². The van der Waals surface area contributed by atoms with Crippen LogP contribution in [-0.4, -0.2) is 42.3 Å². The number of likely N-dealkylation sites (tertiary alicyclic amines) is 1. The maximum atomic E-state index is 8.77. The Hall–Kier alpha value is -0.610. The molecule has 3 nitrogen and oxygen atoms in total. The first kappa shape index (κ1) is 14.8. The van der Waals surface area contributed by atoms with Gasteiger partial charge in [-0.15, -0.1) is 0 Å². The fourth-order valence-corrected chi connectivity index (χ4v) is 2.74. The molecule has 1 aliphatic rings. The van der Waals surface area contributed by atoms with Crippen LogP contribution in [0.5, 0.6) is 0 Å². The number of aliphatic hydroxyl groups is 1. The first-order valence-corrected chi connectivity index (χ1v) is 7.47. The second-order valence-electron chi connectivity index (χ2n) is 5.17. The average molecular weight is 283 g/mol. The van der Waals surface area contributed by atoms with Crippen molar-refractivity contribution in [2.45, 2.75) is 31.8 Å². The smallest absolute Gasteiger partial charge is 0.0451 e. The van der Waals surface area contributed by atoms with E-state index in [-0.39, 0.29) is 6.61 Å². The van der Waals surface area contributed by atoms with Gasteiger partial charge in [-0.3, -0.25) is 4.90 Å². The minimum Gasteiger partial charge on any atom is -0.396 e. The molecular weight excluding hydrogens is 260 g/mol. The number of halogens is 1. The third-order valence-corrected chi connectivity index (χ3v) is 4.08. The molecule has 4 heteroatoms. The number of hydrogen-bond acceptors (Lipinski definition) is 3. The topological polar surface area (TPSA) is 35.5 Å². The fraction of sp³-hybridized carbons (Fsp3) is 0.600. The van der Waals surface area contributed by atoms with Crippen molar-refractivity contribution in [3.63, 3.8) is 0 Å². The molecule has 1 fully saturated rings. The normalized spacial score (nSPS) is 17.8. The van der Waals surface area contributed by atoms with E-state index in [4.69, 9.17) is 16.7 Å². The highest BCUT2D eigenvalue weighted by Gasteiger charge is 2.18. The molecule has 0 aliphatic carbocycles. The second kappa shape index (κ2) is 7.85. The molecule has 1 aromatic rings. The van der Waals surface area contributed by atoms with Crippen LogP contribution in [0.3, 0.4) is 0 Å². The SMILES string of the molecule is OCCCNC1CCN(Cc2ccccc2Cl)CC1. The fourth-order valence-electron chi connectivity index (χ4n) is 2.55. The third-order valence-electron chi connectivity index (χ3n) is 3.71. The van der Waals surface area contributed by atoms with Gasteiger partial charge in [-0.2, -0.15) is 0 Å². The average Bonchev–Trinajstić information content (AvgIpc) is 2.44. The van der Waals surface area contributed by atoms with Crippen LogP contribution in [0.4, 0.5) is 0 Å². The van der Waals surface area contributed by atoms with Gasteiger partial charge < -0.3 is 10.4 Å². The molecule has 0 saturated carbocycles. The Morgan fingerprint density at radius 2 is 2.00 bits per heavy atom. The lowest BCUT2D eigenvalue weighted by Gasteiger charge is -2.32. The summed E-state index contributed by atoms with van der Waals surface area (Å²) in [5, 5.41) is 13.1. The zero-order chi connectivity index (χ0) is 13.5. The maximum Gasteiger partial charge on any atom is 0.0451 e. The predicted octanol–water partition coefficient (Wildman–Crippen LogP) is 2.28. The highest BCUT2D eigenvalue weighted by molar-refractivity contribution is 6.31. The zero-order valence-corrected chi connectivity index (χ0v) is 12.1.